The third kappa shape index (κ3) is 4.34. The minimum Gasteiger partial charge on any atom is -0.472 e. The second-order valence-corrected chi connectivity index (χ2v) is 5.21. The first kappa shape index (κ1) is 14.6. The second kappa shape index (κ2) is 7.68. The van der Waals surface area contributed by atoms with Gasteiger partial charge < -0.3 is 14.5 Å². The molecule has 2 atom stereocenters. The van der Waals surface area contributed by atoms with Crippen molar-refractivity contribution in [2.24, 2.45) is 0 Å². The first-order valence-corrected chi connectivity index (χ1v) is 7.41. The molecule has 4 nitrogen and oxygen atoms in total. The molecule has 19 heavy (non-hydrogen) atoms. The topological polar surface area (TPSA) is 37.6 Å². The third-order valence-corrected chi connectivity index (χ3v) is 3.67. The summed E-state index contributed by atoms with van der Waals surface area (Å²) in [6.45, 7) is 9.46. The molecular weight excluding hydrogens is 240 g/mol. The van der Waals surface area contributed by atoms with Gasteiger partial charge in [0.2, 0.25) is 0 Å². The molecule has 2 heterocycles. The highest BCUT2D eigenvalue weighted by Crippen LogP contribution is 2.14. The fraction of sp³-hybridized carbons (Fsp3) is 0.733. The lowest BCUT2D eigenvalue weighted by atomic mass is 10.0. The van der Waals surface area contributed by atoms with Crippen molar-refractivity contribution in [3.63, 3.8) is 0 Å². The van der Waals surface area contributed by atoms with Gasteiger partial charge >= 0.3 is 0 Å². The third-order valence-electron chi connectivity index (χ3n) is 3.67. The van der Waals surface area contributed by atoms with Crippen LogP contribution in [0.1, 0.15) is 25.8 Å². The highest BCUT2D eigenvalue weighted by molar-refractivity contribution is 5.08. The monoisotopic (exact) mass is 266 g/mol. The number of hydrogen-bond donors (Lipinski definition) is 1. The zero-order valence-electron chi connectivity index (χ0n) is 12.1. The molecule has 1 aromatic rings. The van der Waals surface area contributed by atoms with Crippen LogP contribution >= 0.6 is 0 Å². The Morgan fingerprint density at radius 2 is 2.37 bits per heavy atom. The van der Waals surface area contributed by atoms with Crippen molar-refractivity contribution in [3.05, 3.63) is 24.2 Å². The van der Waals surface area contributed by atoms with Gasteiger partial charge in [-0.2, -0.15) is 0 Å². The molecule has 0 spiro atoms. The molecule has 0 amide bonds. The van der Waals surface area contributed by atoms with Gasteiger partial charge in [0.15, 0.2) is 0 Å². The van der Waals surface area contributed by atoms with Gasteiger partial charge in [-0.05, 0) is 37.6 Å². The first-order chi connectivity index (χ1) is 9.33. The Bertz CT molecular complexity index is 338. The van der Waals surface area contributed by atoms with E-state index < -0.39 is 0 Å². The van der Waals surface area contributed by atoms with E-state index in [2.05, 4.69) is 24.1 Å². The van der Waals surface area contributed by atoms with Crippen molar-refractivity contribution in [2.45, 2.75) is 38.8 Å². The van der Waals surface area contributed by atoms with Crippen LogP contribution in [0, 0.1) is 0 Å². The van der Waals surface area contributed by atoms with Crippen LogP contribution in [0.3, 0.4) is 0 Å². The molecule has 1 saturated heterocycles. The number of morpholine rings is 1. The standard InChI is InChI=1S/C15H26N2O2/c1-3-6-17-7-9-19-15(11-17)14(16-4-2)10-13-5-8-18-12-13/h5,8,12,14-16H,3-4,6-7,9-11H2,1-2H3. The smallest absolute Gasteiger partial charge is 0.0935 e. The summed E-state index contributed by atoms with van der Waals surface area (Å²) in [7, 11) is 0. The summed E-state index contributed by atoms with van der Waals surface area (Å²) in [5, 5.41) is 3.56. The Morgan fingerprint density at radius 3 is 3.05 bits per heavy atom. The van der Waals surface area contributed by atoms with Gasteiger partial charge in [0, 0.05) is 19.1 Å². The summed E-state index contributed by atoms with van der Waals surface area (Å²) in [4.78, 5) is 2.51. The molecule has 108 valence electrons. The van der Waals surface area contributed by atoms with Crippen LogP contribution in [-0.4, -0.2) is 49.8 Å². The molecule has 2 rings (SSSR count). The van der Waals surface area contributed by atoms with Crippen LogP contribution in [0.2, 0.25) is 0 Å². The minimum atomic E-state index is 0.273. The van der Waals surface area contributed by atoms with E-state index in [1.54, 1.807) is 6.26 Å². The highest BCUT2D eigenvalue weighted by atomic mass is 16.5. The van der Waals surface area contributed by atoms with Crippen LogP contribution in [0.4, 0.5) is 0 Å². The van der Waals surface area contributed by atoms with Gasteiger partial charge in [-0.25, -0.2) is 0 Å². The van der Waals surface area contributed by atoms with Crippen molar-refractivity contribution >= 4 is 0 Å². The van der Waals surface area contributed by atoms with Crippen LogP contribution in [-0.2, 0) is 11.2 Å². The zero-order valence-corrected chi connectivity index (χ0v) is 12.1. The molecule has 1 aliphatic rings. The van der Waals surface area contributed by atoms with Crippen LogP contribution in [0.15, 0.2) is 23.0 Å². The fourth-order valence-corrected chi connectivity index (χ4v) is 2.75. The minimum absolute atomic E-state index is 0.273. The van der Waals surface area contributed by atoms with Gasteiger partial charge in [-0.3, -0.25) is 4.90 Å². The van der Waals surface area contributed by atoms with E-state index in [9.17, 15) is 0 Å². The average molecular weight is 266 g/mol. The second-order valence-electron chi connectivity index (χ2n) is 5.21. The molecule has 0 radical (unpaired) electrons. The Kier molecular flexibility index (Phi) is 5.89. The maximum Gasteiger partial charge on any atom is 0.0935 e. The van der Waals surface area contributed by atoms with E-state index in [0.29, 0.717) is 6.04 Å². The summed E-state index contributed by atoms with van der Waals surface area (Å²) in [5.41, 5.74) is 1.24. The number of nitrogens with zero attached hydrogens (tertiary/aromatic N) is 1. The van der Waals surface area contributed by atoms with E-state index in [1.165, 1.54) is 18.5 Å². The van der Waals surface area contributed by atoms with Crippen molar-refractivity contribution in [2.75, 3.05) is 32.8 Å². The molecule has 0 aromatic carbocycles. The van der Waals surface area contributed by atoms with Gasteiger partial charge in [0.1, 0.15) is 0 Å². The molecule has 1 aromatic heterocycles. The maximum atomic E-state index is 5.98. The predicted octanol–water partition coefficient (Wildman–Crippen LogP) is 1.91. The Balaban J connectivity index is 1.93. The zero-order chi connectivity index (χ0) is 13.5. The summed E-state index contributed by atoms with van der Waals surface area (Å²) >= 11 is 0. The molecule has 1 fully saturated rings. The van der Waals surface area contributed by atoms with Gasteiger partial charge in [0.05, 0.1) is 25.2 Å². The predicted molar refractivity (Wildman–Crippen MR) is 76.3 cm³/mol. The summed E-state index contributed by atoms with van der Waals surface area (Å²) in [5.74, 6) is 0. The molecular formula is C15H26N2O2. The number of ether oxygens (including phenoxy) is 1. The van der Waals surface area contributed by atoms with Gasteiger partial charge in [0.25, 0.3) is 0 Å². The van der Waals surface area contributed by atoms with Crippen molar-refractivity contribution < 1.29 is 9.15 Å². The van der Waals surface area contributed by atoms with Crippen molar-refractivity contribution in [3.8, 4) is 0 Å². The molecule has 1 aliphatic heterocycles. The molecule has 1 N–H and O–H groups in total. The maximum absolute atomic E-state index is 5.98. The molecule has 4 heteroatoms. The van der Waals surface area contributed by atoms with Gasteiger partial charge in [-0.15, -0.1) is 0 Å². The number of rotatable bonds is 7. The van der Waals surface area contributed by atoms with Gasteiger partial charge in [-0.1, -0.05) is 13.8 Å². The first-order valence-electron chi connectivity index (χ1n) is 7.41. The number of hydrogen-bond acceptors (Lipinski definition) is 4. The Labute approximate surface area is 116 Å². The van der Waals surface area contributed by atoms with E-state index in [-0.39, 0.29) is 6.10 Å². The quantitative estimate of drug-likeness (QED) is 0.818. The summed E-state index contributed by atoms with van der Waals surface area (Å²) in [6, 6.07) is 2.40. The normalized spacial score (nSPS) is 22.5. The Morgan fingerprint density at radius 1 is 1.47 bits per heavy atom. The van der Waals surface area contributed by atoms with E-state index >= 15 is 0 Å². The molecule has 0 saturated carbocycles. The van der Waals surface area contributed by atoms with E-state index in [4.69, 9.17) is 9.15 Å². The number of likely N-dealkylation sites (N-methyl/N-ethyl adjacent to an activating group) is 1. The number of furan rings is 1. The average Bonchev–Trinajstić information content (AvgIpc) is 2.92. The lowest BCUT2D eigenvalue weighted by Crippen LogP contribution is -2.53. The molecule has 0 bridgehead atoms. The SMILES string of the molecule is CCCN1CCOC(C(Cc2ccoc2)NCC)C1. The van der Waals surface area contributed by atoms with Crippen LogP contribution in [0.25, 0.3) is 0 Å². The van der Waals surface area contributed by atoms with Crippen LogP contribution in [0.5, 0.6) is 0 Å². The summed E-state index contributed by atoms with van der Waals surface area (Å²) in [6.07, 6.45) is 6.02. The summed E-state index contributed by atoms with van der Waals surface area (Å²) < 4.78 is 11.1. The van der Waals surface area contributed by atoms with Crippen molar-refractivity contribution in [1.29, 1.82) is 0 Å². The highest BCUT2D eigenvalue weighted by Gasteiger charge is 2.27. The van der Waals surface area contributed by atoms with E-state index in [1.807, 2.05) is 12.3 Å². The lowest BCUT2D eigenvalue weighted by molar-refractivity contribution is -0.0459. The number of nitrogens with one attached hydrogen (secondary N) is 1. The van der Waals surface area contributed by atoms with Crippen LogP contribution < -0.4 is 5.32 Å². The van der Waals surface area contributed by atoms with Crippen molar-refractivity contribution in [1.82, 2.24) is 10.2 Å². The lowest BCUT2D eigenvalue weighted by Gasteiger charge is -2.37. The molecule has 0 aliphatic carbocycles. The fourth-order valence-electron chi connectivity index (χ4n) is 2.75. The molecule has 2 unspecified atom stereocenters. The van der Waals surface area contributed by atoms with E-state index in [0.717, 1.165) is 32.7 Å². The Hall–Kier alpha value is -0.840. The largest absolute Gasteiger partial charge is 0.472 e.